The molecule has 1 fully saturated rings. The van der Waals surface area contributed by atoms with Crippen LogP contribution in [0, 0.1) is 0 Å². The average Bonchev–Trinajstić information content (AvgIpc) is 2.75. The second-order valence-electron chi connectivity index (χ2n) is 8.18. The van der Waals surface area contributed by atoms with Gasteiger partial charge in [-0.05, 0) is 73.4 Å². The number of hydrogen-bond acceptors (Lipinski definition) is 3. The molecular formula is C24H26BrClN2O2. The number of nitrogens with two attached hydrogens (primary N) is 1. The summed E-state index contributed by atoms with van der Waals surface area (Å²) < 4.78 is 7.39. The summed E-state index contributed by atoms with van der Waals surface area (Å²) in [7, 11) is 0. The SMILES string of the molecule is CC[C@@H](N)[C@]1(c2cccc(Br)c2)CC[C@@H](Oc2cc3cc[nH]c(=O)c3cc2Cl)CC1. The maximum atomic E-state index is 12.0. The van der Waals surface area contributed by atoms with Crippen molar-refractivity contribution in [2.24, 2.45) is 5.73 Å². The summed E-state index contributed by atoms with van der Waals surface area (Å²) in [5.74, 6) is 0.634. The number of ether oxygens (including phenoxy) is 1. The Kier molecular flexibility index (Phi) is 6.24. The van der Waals surface area contributed by atoms with Crippen LogP contribution in [0.5, 0.6) is 5.75 Å². The van der Waals surface area contributed by atoms with E-state index >= 15 is 0 Å². The Morgan fingerprint density at radius 2 is 2.03 bits per heavy atom. The van der Waals surface area contributed by atoms with Crippen LogP contribution in [0.2, 0.25) is 5.02 Å². The van der Waals surface area contributed by atoms with Gasteiger partial charge in [0, 0.05) is 27.5 Å². The Morgan fingerprint density at radius 3 is 2.73 bits per heavy atom. The zero-order chi connectivity index (χ0) is 21.3. The zero-order valence-corrected chi connectivity index (χ0v) is 19.3. The van der Waals surface area contributed by atoms with Crippen molar-refractivity contribution in [1.82, 2.24) is 4.98 Å². The lowest BCUT2D eigenvalue weighted by atomic mass is 9.64. The third kappa shape index (κ3) is 4.03. The highest BCUT2D eigenvalue weighted by Crippen LogP contribution is 2.44. The summed E-state index contributed by atoms with van der Waals surface area (Å²) >= 11 is 10.0. The van der Waals surface area contributed by atoms with Crippen molar-refractivity contribution in [2.45, 2.75) is 56.6 Å². The topological polar surface area (TPSA) is 68.1 Å². The molecule has 3 N–H and O–H groups in total. The first kappa shape index (κ1) is 21.4. The first-order valence-corrected chi connectivity index (χ1v) is 11.6. The van der Waals surface area contributed by atoms with E-state index in [0.29, 0.717) is 16.2 Å². The summed E-state index contributed by atoms with van der Waals surface area (Å²) in [6.07, 6.45) is 6.40. The van der Waals surface area contributed by atoms with Gasteiger partial charge in [-0.2, -0.15) is 0 Å². The number of benzene rings is 2. The van der Waals surface area contributed by atoms with Crippen molar-refractivity contribution < 1.29 is 4.74 Å². The van der Waals surface area contributed by atoms with E-state index in [1.165, 1.54) is 5.56 Å². The van der Waals surface area contributed by atoms with E-state index in [1.54, 1.807) is 12.3 Å². The lowest BCUT2D eigenvalue weighted by Gasteiger charge is -2.44. The molecule has 158 valence electrons. The fourth-order valence-electron chi connectivity index (χ4n) is 4.75. The van der Waals surface area contributed by atoms with Gasteiger partial charge in [0.05, 0.1) is 11.1 Å². The second-order valence-corrected chi connectivity index (χ2v) is 9.50. The molecule has 0 spiro atoms. The van der Waals surface area contributed by atoms with Crippen molar-refractivity contribution in [2.75, 3.05) is 0 Å². The molecular weight excluding hydrogens is 464 g/mol. The second kappa shape index (κ2) is 8.74. The van der Waals surface area contributed by atoms with E-state index in [4.69, 9.17) is 22.1 Å². The van der Waals surface area contributed by atoms with Crippen LogP contribution in [0.25, 0.3) is 10.8 Å². The third-order valence-electron chi connectivity index (χ3n) is 6.49. The number of hydrogen-bond donors (Lipinski definition) is 2. The first-order valence-electron chi connectivity index (χ1n) is 10.4. The van der Waals surface area contributed by atoms with Gasteiger partial charge in [0.1, 0.15) is 5.75 Å². The number of aromatic nitrogens is 1. The van der Waals surface area contributed by atoms with E-state index in [0.717, 1.165) is 42.0 Å². The van der Waals surface area contributed by atoms with E-state index < -0.39 is 0 Å². The van der Waals surface area contributed by atoms with Crippen molar-refractivity contribution in [3.05, 3.63) is 74.1 Å². The van der Waals surface area contributed by atoms with Crippen molar-refractivity contribution in [3.63, 3.8) is 0 Å². The first-order chi connectivity index (χ1) is 14.4. The molecule has 3 aromatic rings. The minimum Gasteiger partial charge on any atom is -0.489 e. The monoisotopic (exact) mass is 488 g/mol. The Balaban J connectivity index is 1.55. The highest BCUT2D eigenvalue weighted by Gasteiger charge is 2.41. The number of aromatic amines is 1. The normalized spacial score (nSPS) is 22.7. The minimum absolute atomic E-state index is 0.0428. The van der Waals surface area contributed by atoms with Gasteiger partial charge in [0.15, 0.2) is 0 Å². The summed E-state index contributed by atoms with van der Waals surface area (Å²) in [6.45, 7) is 2.16. The standard InChI is InChI=1S/C24H26BrClN2O2/c1-2-22(27)24(16-4-3-5-17(25)13-16)9-6-18(7-10-24)30-21-12-15-8-11-28-23(29)19(15)14-20(21)26/h3-5,8,11-14,18,22H,2,6-7,9-10,27H2,1H3,(H,28,29)/t18-,22-,24-/m1/s1. The molecule has 0 amide bonds. The van der Waals surface area contributed by atoms with Crippen molar-refractivity contribution in [1.29, 1.82) is 0 Å². The molecule has 1 aliphatic rings. The molecule has 2 aromatic carbocycles. The Hall–Kier alpha value is -1.82. The summed E-state index contributed by atoms with van der Waals surface area (Å²) in [5.41, 5.74) is 7.76. The van der Waals surface area contributed by atoms with Crippen LogP contribution >= 0.6 is 27.5 Å². The largest absolute Gasteiger partial charge is 0.489 e. The maximum absolute atomic E-state index is 12.0. The smallest absolute Gasteiger partial charge is 0.255 e. The molecule has 1 saturated carbocycles. The fourth-order valence-corrected chi connectivity index (χ4v) is 5.35. The summed E-state index contributed by atoms with van der Waals surface area (Å²) in [4.78, 5) is 14.7. The molecule has 0 aliphatic heterocycles. The van der Waals surface area contributed by atoms with Gasteiger partial charge in [0.25, 0.3) is 5.56 Å². The van der Waals surface area contributed by atoms with Crippen molar-refractivity contribution >= 4 is 38.3 Å². The van der Waals surface area contributed by atoms with E-state index in [2.05, 4.69) is 52.1 Å². The molecule has 0 radical (unpaired) electrons. The van der Waals surface area contributed by atoms with Gasteiger partial charge in [0.2, 0.25) is 0 Å². The maximum Gasteiger partial charge on any atom is 0.255 e. The van der Waals surface area contributed by atoms with Gasteiger partial charge in [-0.1, -0.05) is 46.6 Å². The molecule has 30 heavy (non-hydrogen) atoms. The number of pyridine rings is 1. The summed E-state index contributed by atoms with van der Waals surface area (Å²) in [5, 5.41) is 1.86. The Bertz CT molecular complexity index is 1110. The van der Waals surface area contributed by atoms with Gasteiger partial charge >= 0.3 is 0 Å². The summed E-state index contributed by atoms with van der Waals surface area (Å²) in [6, 6.07) is 14.0. The lowest BCUT2D eigenvalue weighted by Crippen LogP contribution is -2.48. The van der Waals surface area contributed by atoms with Crippen LogP contribution in [-0.2, 0) is 5.41 Å². The van der Waals surface area contributed by atoms with E-state index in [-0.39, 0.29) is 23.1 Å². The zero-order valence-electron chi connectivity index (χ0n) is 17.0. The molecule has 4 rings (SSSR count). The Morgan fingerprint density at radius 1 is 1.27 bits per heavy atom. The number of fused-ring (bicyclic) bond motifs is 1. The quantitative estimate of drug-likeness (QED) is 0.466. The molecule has 0 bridgehead atoms. The lowest BCUT2D eigenvalue weighted by molar-refractivity contribution is 0.104. The van der Waals surface area contributed by atoms with Crippen molar-refractivity contribution in [3.8, 4) is 5.75 Å². The average molecular weight is 490 g/mol. The van der Waals surface area contributed by atoms with Crippen LogP contribution in [-0.4, -0.2) is 17.1 Å². The van der Waals surface area contributed by atoms with Crippen LogP contribution in [0.3, 0.4) is 0 Å². The van der Waals surface area contributed by atoms with Crippen LogP contribution < -0.4 is 16.0 Å². The molecule has 1 aromatic heterocycles. The highest BCUT2D eigenvalue weighted by molar-refractivity contribution is 9.10. The predicted molar refractivity (Wildman–Crippen MR) is 127 cm³/mol. The van der Waals surface area contributed by atoms with Gasteiger partial charge in [-0.15, -0.1) is 0 Å². The van der Waals surface area contributed by atoms with E-state index in [1.807, 2.05) is 12.1 Å². The molecule has 4 nitrogen and oxygen atoms in total. The molecule has 0 saturated heterocycles. The Labute approximate surface area is 189 Å². The third-order valence-corrected chi connectivity index (χ3v) is 7.28. The molecule has 6 heteroatoms. The molecule has 0 unspecified atom stereocenters. The fraction of sp³-hybridized carbons (Fsp3) is 0.375. The predicted octanol–water partition coefficient (Wildman–Crippen LogP) is 5.94. The highest BCUT2D eigenvalue weighted by atomic mass is 79.9. The molecule has 1 atom stereocenters. The van der Waals surface area contributed by atoms with Crippen LogP contribution in [0.4, 0.5) is 0 Å². The van der Waals surface area contributed by atoms with E-state index in [9.17, 15) is 4.79 Å². The number of nitrogens with one attached hydrogen (secondary N) is 1. The number of halogens is 2. The van der Waals surface area contributed by atoms with Crippen LogP contribution in [0.1, 0.15) is 44.6 Å². The minimum atomic E-state index is -0.147. The van der Waals surface area contributed by atoms with Gasteiger partial charge < -0.3 is 15.5 Å². The van der Waals surface area contributed by atoms with Gasteiger partial charge in [-0.25, -0.2) is 0 Å². The van der Waals surface area contributed by atoms with Crippen LogP contribution in [0.15, 0.2) is 57.9 Å². The number of H-pyrrole nitrogens is 1. The number of rotatable bonds is 5. The molecule has 1 heterocycles. The molecule has 1 aliphatic carbocycles. The van der Waals surface area contributed by atoms with Gasteiger partial charge in [-0.3, -0.25) is 4.79 Å².